The first-order valence-electron chi connectivity index (χ1n) is 7.68. The molecular formula is C18H12Cl2F2N2S. The highest BCUT2D eigenvalue weighted by Crippen LogP contribution is 2.40. The van der Waals surface area contributed by atoms with Gasteiger partial charge in [-0.2, -0.15) is 0 Å². The van der Waals surface area contributed by atoms with Crippen LogP contribution in [0, 0.1) is 11.6 Å². The second-order valence-electron chi connectivity index (χ2n) is 5.84. The molecule has 4 rings (SSSR count). The lowest BCUT2D eigenvalue weighted by Gasteiger charge is -2.09. The largest absolute Gasteiger partial charge is 0.313 e. The Balaban J connectivity index is 1.89. The van der Waals surface area contributed by atoms with Crippen LogP contribution in [-0.2, 0) is 0 Å². The van der Waals surface area contributed by atoms with Gasteiger partial charge in [0.1, 0.15) is 11.5 Å². The van der Waals surface area contributed by atoms with Crippen LogP contribution in [0.15, 0.2) is 46.8 Å². The molecule has 0 atom stereocenters. The van der Waals surface area contributed by atoms with Gasteiger partial charge in [0.05, 0.1) is 10.7 Å². The molecule has 3 aromatic rings. The zero-order chi connectivity index (χ0) is 17.6. The highest BCUT2D eigenvalue weighted by molar-refractivity contribution is 7.07. The molecule has 1 aromatic heterocycles. The first-order chi connectivity index (χ1) is 12.0. The Morgan fingerprint density at radius 2 is 1.88 bits per heavy atom. The molecule has 2 nitrogen and oxygen atoms in total. The lowest BCUT2D eigenvalue weighted by atomic mass is 10.1. The summed E-state index contributed by atoms with van der Waals surface area (Å²) in [6, 6.07) is 8.98. The van der Waals surface area contributed by atoms with E-state index < -0.39 is 11.6 Å². The molecule has 0 amide bonds. The minimum absolute atomic E-state index is 0.112. The summed E-state index contributed by atoms with van der Waals surface area (Å²) in [4.78, 5) is 5.06. The maximum atomic E-state index is 14.0. The van der Waals surface area contributed by atoms with Gasteiger partial charge in [0.2, 0.25) is 0 Å². The SMILES string of the molecule is Fc1ccc(N=c2scc(-c3cc(Cl)ccc3Cl)n2C2CC2)c(F)c1. The summed E-state index contributed by atoms with van der Waals surface area (Å²) in [5, 5.41) is 3.13. The van der Waals surface area contributed by atoms with E-state index in [2.05, 4.69) is 9.56 Å². The minimum atomic E-state index is -0.682. The molecule has 1 heterocycles. The van der Waals surface area contributed by atoms with Crippen LogP contribution in [0.2, 0.25) is 10.0 Å². The van der Waals surface area contributed by atoms with Gasteiger partial charge in [-0.3, -0.25) is 0 Å². The van der Waals surface area contributed by atoms with Crippen LogP contribution in [0.3, 0.4) is 0 Å². The van der Waals surface area contributed by atoms with Crippen LogP contribution in [0.4, 0.5) is 14.5 Å². The Labute approximate surface area is 157 Å². The standard InChI is InChI=1S/C18H12Cl2F2N2S/c19-10-1-5-14(20)13(7-10)17-9-25-18(24(17)12-3-4-12)23-16-6-2-11(21)8-15(16)22/h1-2,5-9,12H,3-4H2. The fourth-order valence-electron chi connectivity index (χ4n) is 2.65. The van der Waals surface area contributed by atoms with Crippen molar-refractivity contribution in [2.75, 3.05) is 0 Å². The number of halogens is 4. The third-order valence-corrected chi connectivity index (χ3v) is 5.39. The van der Waals surface area contributed by atoms with Gasteiger partial charge in [0.25, 0.3) is 0 Å². The second-order valence-corrected chi connectivity index (χ2v) is 7.52. The molecule has 1 saturated carbocycles. The Morgan fingerprint density at radius 3 is 2.60 bits per heavy atom. The van der Waals surface area contributed by atoms with Crippen LogP contribution in [-0.4, -0.2) is 4.57 Å². The van der Waals surface area contributed by atoms with Gasteiger partial charge < -0.3 is 4.57 Å². The van der Waals surface area contributed by atoms with Crippen LogP contribution in [0.5, 0.6) is 0 Å². The summed E-state index contributed by atoms with van der Waals surface area (Å²) >= 11 is 13.8. The number of benzene rings is 2. The third kappa shape index (κ3) is 3.36. The van der Waals surface area contributed by atoms with Crippen molar-refractivity contribution in [3.05, 3.63) is 68.3 Å². The van der Waals surface area contributed by atoms with E-state index in [0.717, 1.165) is 30.2 Å². The molecule has 0 N–H and O–H groups in total. The lowest BCUT2D eigenvalue weighted by Crippen LogP contribution is -2.14. The monoisotopic (exact) mass is 396 g/mol. The molecule has 0 saturated heterocycles. The predicted octanol–water partition coefficient (Wildman–Crippen LogP) is 6.37. The van der Waals surface area contributed by atoms with Crippen LogP contribution in [0.1, 0.15) is 18.9 Å². The van der Waals surface area contributed by atoms with Gasteiger partial charge in [0.15, 0.2) is 10.6 Å². The van der Waals surface area contributed by atoms with E-state index in [0.29, 0.717) is 20.9 Å². The first-order valence-corrected chi connectivity index (χ1v) is 9.32. The normalized spacial score (nSPS) is 15.0. The summed E-state index contributed by atoms with van der Waals surface area (Å²) in [5.41, 5.74) is 1.83. The van der Waals surface area contributed by atoms with Crippen molar-refractivity contribution < 1.29 is 8.78 Å². The molecule has 25 heavy (non-hydrogen) atoms. The molecule has 1 aliphatic rings. The van der Waals surface area contributed by atoms with E-state index in [1.54, 1.807) is 12.1 Å². The molecule has 0 aliphatic heterocycles. The van der Waals surface area contributed by atoms with Gasteiger partial charge in [0, 0.05) is 28.1 Å². The Kier molecular flexibility index (Phi) is 4.40. The summed E-state index contributed by atoms with van der Waals surface area (Å²) in [6.07, 6.45) is 2.06. The Hall–Kier alpha value is -1.69. The van der Waals surface area contributed by atoms with Gasteiger partial charge in [-0.15, -0.1) is 11.3 Å². The lowest BCUT2D eigenvalue weighted by molar-refractivity contribution is 0.584. The summed E-state index contributed by atoms with van der Waals surface area (Å²) in [5.74, 6) is -1.30. The van der Waals surface area contributed by atoms with Crippen molar-refractivity contribution in [2.24, 2.45) is 4.99 Å². The first kappa shape index (κ1) is 16.8. The van der Waals surface area contributed by atoms with Crippen LogP contribution in [0.25, 0.3) is 11.3 Å². The van der Waals surface area contributed by atoms with Gasteiger partial charge >= 0.3 is 0 Å². The number of aromatic nitrogens is 1. The number of hydrogen-bond acceptors (Lipinski definition) is 2. The average molecular weight is 397 g/mol. The van der Waals surface area contributed by atoms with Gasteiger partial charge in [-0.05, 0) is 43.2 Å². The molecule has 128 valence electrons. The molecule has 0 radical (unpaired) electrons. The van der Waals surface area contributed by atoms with Crippen molar-refractivity contribution in [3.63, 3.8) is 0 Å². The number of rotatable bonds is 3. The Bertz CT molecular complexity index is 1020. The Morgan fingerprint density at radius 1 is 1.08 bits per heavy atom. The zero-order valence-electron chi connectivity index (χ0n) is 12.8. The van der Waals surface area contributed by atoms with Gasteiger partial charge in [-0.1, -0.05) is 23.2 Å². The molecule has 2 aromatic carbocycles. The molecule has 0 bridgehead atoms. The molecular weight excluding hydrogens is 385 g/mol. The van der Waals surface area contributed by atoms with E-state index in [9.17, 15) is 8.78 Å². The smallest absolute Gasteiger partial charge is 0.190 e. The van der Waals surface area contributed by atoms with Crippen molar-refractivity contribution in [1.29, 1.82) is 0 Å². The zero-order valence-corrected chi connectivity index (χ0v) is 15.2. The van der Waals surface area contributed by atoms with Crippen molar-refractivity contribution in [1.82, 2.24) is 4.57 Å². The average Bonchev–Trinajstić information content (AvgIpc) is 3.33. The maximum Gasteiger partial charge on any atom is 0.190 e. The highest BCUT2D eigenvalue weighted by Gasteiger charge is 2.28. The molecule has 0 unspecified atom stereocenters. The predicted molar refractivity (Wildman–Crippen MR) is 97.6 cm³/mol. The number of hydrogen-bond donors (Lipinski definition) is 0. The third-order valence-electron chi connectivity index (χ3n) is 3.98. The van der Waals surface area contributed by atoms with E-state index in [-0.39, 0.29) is 5.69 Å². The number of nitrogens with zero attached hydrogens (tertiary/aromatic N) is 2. The van der Waals surface area contributed by atoms with E-state index in [1.165, 1.54) is 23.5 Å². The van der Waals surface area contributed by atoms with Crippen molar-refractivity contribution >= 4 is 40.2 Å². The molecule has 7 heteroatoms. The molecule has 1 aliphatic carbocycles. The van der Waals surface area contributed by atoms with Crippen LogP contribution >= 0.6 is 34.5 Å². The quantitative estimate of drug-likeness (QED) is 0.489. The maximum absolute atomic E-state index is 14.0. The summed E-state index contributed by atoms with van der Waals surface area (Å²) in [6.45, 7) is 0. The topological polar surface area (TPSA) is 17.3 Å². The molecule has 1 fully saturated rings. The van der Waals surface area contributed by atoms with Crippen LogP contribution < -0.4 is 4.80 Å². The summed E-state index contributed by atoms with van der Waals surface area (Å²) in [7, 11) is 0. The van der Waals surface area contributed by atoms with E-state index >= 15 is 0 Å². The fourth-order valence-corrected chi connectivity index (χ4v) is 4.01. The van der Waals surface area contributed by atoms with E-state index in [1.807, 2.05) is 11.4 Å². The van der Waals surface area contributed by atoms with Crippen molar-refractivity contribution in [3.8, 4) is 11.3 Å². The van der Waals surface area contributed by atoms with Gasteiger partial charge in [-0.25, -0.2) is 13.8 Å². The highest BCUT2D eigenvalue weighted by atomic mass is 35.5. The fraction of sp³-hybridized carbons (Fsp3) is 0.167. The van der Waals surface area contributed by atoms with Crippen molar-refractivity contribution in [2.45, 2.75) is 18.9 Å². The second kappa shape index (κ2) is 6.56. The number of thiazole rings is 1. The minimum Gasteiger partial charge on any atom is -0.313 e. The molecule has 0 spiro atoms. The summed E-state index contributed by atoms with van der Waals surface area (Å²) < 4.78 is 29.1. The van der Waals surface area contributed by atoms with E-state index in [4.69, 9.17) is 23.2 Å².